The van der Waals surface area contributed by atoms with Gasteiger partial charge in [0.25, 0.3) is 0 Å². The number of allylic oxidation sites excluding steroid dienone is 1. The van der Waals surface area contributed by atoms with E-state index in [2.05, 4.69) is 23.8 Å². The third-order valence-electron chi connectivity index (χ3n) is 1.90. The summed E-state index contributed by atoms with van der Waals surface area (Å²) < 4.78 is 1.86. The van der Waals surface area contributed by atoms with E-state index in [0.717, 1.165) is 24.2 Å². The highest BCUT2D eigenvalue weighted by molar-refractivity contribution is 5.10. The van der Waals surface area contributed by atoms with E-state index in [1.165, 1.54) is 0 Å². The van der Waals surface area contributed by atoms with Crippen molar-refractivity contribution < 1.29 is 0 Å². The normalized spacial score (nSPS) is 10.3. The highest BCUT2D eigenvalue weighted by Gasteiger charge is 2.08. The fourth-order valence-electron chi connectivity index (χ4n) is 1.31. The highest BCUT2D eigenvalue weighted by Crippen LogP contribution is 2.07. The van der Waals surface area contributed by atoms with Crippen molar-refractivity contribution in [3.63, 3.8) is 0 Å². The second-order valence-corrected chi connectivity index (χ2v) is 2.91. The second-order valence-electron chi connectivity index (χ2n) is 2.91. The third kappa shape index (κ3) is 2.15. The first-order chi connectivity index (χ1) is 6.33. The van der Waals surface area contributed by atoms with Gasteiger partial charge in [-0.2, -0.15) is 0 Å². The molecule has 0 atom stereocenters. The van der Waals surface area contributed by atoms with Crippen LogP contribution in [-0.2, 0) is 19.5 Å². The molecule has 0 fully saturated rings. The van der Waals surface area contributed by atoms with Crippen LogP contribution in [0.25, 0.3) is 0 Å². The lowest BCUT2D eigenvalue weighted by Crippen LogP contribution is -2.06. The maximum atomic E-state index is 5.55. The van der Waals surface area contributed by atoms with Gasteiger partial charge in [0.05, 0.1) is 17.9 Å². The zero-order valence-corrected chi connectivity index (χ0v) is 8.03. The van der Waals surface area contributed by atoms with Crippen LogP contribution < -0.4 is 5.73 Å². The first kappa shape index (κ1) is 9.92. The lowest BCUT2D eigenvalue weighted by atomic mass is 10.2. The molecule has 0 bridgehead atoms. The van der Waals surface area contributed by atoms with Crippen LogP contribution in [0.3, 0.4) is 0 Å². The van der Waals surface area contributed by atoms with Crippen LogP contribution in [0.15, 0.2) is 12.7 Å². The molecule has 0 radical (unpaired) electrons. The van der Waals surface area contributed by atoms with Gasteiger partial charge in [0.2, 0.25) is 0 Å². The average molecular weight is 180 g/mol. The van der Waals surface area contributed by atoms with Crippen molar-refractivity contribution in [1.82, 2.24) is 15.0 Å². The predicted octanol–water partition coefficient (Wildman–Crippen LogP) is 0.875. The minimum atomic E-state index is 0.465. The van der Waals surface area contributed by atoms with Crippen molar-refractivity contribution in [2.24, 2.45) is 5.73 Å². The fourth-order valence-corrected chi connectivity index (χ4v) is 1.31. The quantitative estimate of drug-likeness (QED) is 0.684. The minimum absolute atomic E-state index is 0.465. The van der Waals surface area contributed by atoms with E-state index in [4.69, 9.17) is 5.73 Å². The van der Waals surface area contributed by atoms with Crippen molar-refractivity contribution in [3.8, 4) is 0 Å². The van der Waals surface area contributed by atoms with Crippen LogP contribution in [0.1, 0.15) is 24.7 Å². The Balaban J connectivity index is 2.91. The zero-order valence-electron chi connectivity index (χ0n) is 8.03. The molecule has 1 rings (SSSR count). The summed E-state index contributed by atoms with van der Waals surface area (Å²) in [6, 6.07) is 0. The smallest absolute Gasteiger partial charge is 0.0994 e. The summed E-state index contributed by atoms with van der Waals surface area (Å²) in [6.45, 7) is 6.98. The van der Waals surface area contributed by atoms with Crippen LogP contribution in [0, 0.1) is 0 Å². The lowest BCUT2D eigenvalue weighted by molar-refractivity contribution is 0.624. The van der Waals surface area contributed by atoms with Crippen LogP contribution >= 0.6 is 0 Å². The Morgan fingerprint density at radius 2 is 2.38 bits per heavy atom. The summed E-state index contributed by atoms with van der Waals surface area (Å²) in [5.74, 6) is 0. The molecular weight excluding hydrogens is 164 g/mol. The van der Waals surface area contributed by atoms with Gasteiger partial charge < -0.3 is 5.73 Å². The van der Waals surface area contributed by atoms with Crippen LogP contribution in [0.5, 0.6) is 0 Å². The van der Waals surface area contributed by atoms with Gasteiger partial charge >= 0.3 is 0 Å². The molecule has 2 N–H and O–H groups in total. The fraction of sp³-hybridized carbons (Fsp3) is 0.556. The Hall–Kier alpha value is -1.16. The Morgan fingerprint density at radius 1 is 1.62 bits per heavy atom. The molecule has 0 saturated heterocycles. The van der Waals surface area contributed by atoms with Crippen molar-refractivity contribution in [2.75, 3.05) is 0 Å². The molecule has 1 aromatic rings. The molecule has 0 amide bonds. The molecule has 4 heteroatoms. The first-order valence-electron chi connectivity index (χ1n) is 4.55. The predicted molar refractivity (Wildman–Crippen MR) is 52.1 cm³/mol. The summed E-state index contributed by atoms with van der Waals surface area (Å²) >= 11 is 0. The van der Waals surface area contributed by atoms with Gasteiger partial charge in [-0.1, -0.05) is 24.6 Å². The summed E-state index contributed by atoms with van der Waals surface area (Å²) in [7, 11) is 0. The number of nitrogens with zero attached hydrogens (tertiary/aromatic N) is 3. The maximum absolute atomic E-state index is 5.55. The van der Waals surface area contributed by atoms with E-state index in [9.17, 15) is 0 Å². The van der Waals surface area contributed by atoms with E-state index >= 15 is 0 Å². The van der Waals surface area contributed by atoms with Crippen molar-refractivity contribution in [1.29, 1.82) is 0 Å². The molecule has 0 aliphatic rings. The molecule has 1 heterocycles. The molecule has 13 heavy (non-hydrogen) atoms. The SMILES string of the molecule is C=CCn1nnc(CN)c1CCC. The Labute approximate surface area is 78.4 Å². The topological polar surface area (TPSA) is 56.7 Å². The maximum Gasteiger partial charge on any atom is 0.0994 e. The molecule has 1 aromatic heterocycles. The first-order valence-corrected chi connectivity index (χ1v) is 4.55. The van der Waals surface area contributed by atoms with E-state index < -0.39 is 0 Å². The standard InChI is InChI=1S/C9H16N4/c1-3-5-9-8(7-10)11-12-13(9)6-4-2/h4H,2-3,5-7,10H2,1H3. The average Bonchev–Trinajstić information content (AvgIpc) is 2.50. The molecule has 0 aromatic carbocycles. The van der Waals surface area contributed by atoms with E-state index in [-0.39, 0.29) is 0 Å². The van der Waals surface area contributed by atoms with Gasteiger partial charge in [-0.05, 0) is 6.42 Å². The van der Waals surface area contributed by atoms with Gasteiger partial charge in [0.1, 0.15) is 0 Å². The summed E-state index contributed by atoms with van der Waals surface area (Å²) in [6.07, 6.45) is 3.87. The number of hydrogen-bond acceptors (Lipinski definition) is 3. The monoisotopic (exact) mass is 180 g/mol. The largest absolute Gasteiger partial charge is 0.325 e. The van der Waals surface area contributed by atoms with Gasteiger partial charge in [-0.3, -0.25) is 0 Å². The molecule has 72 valence electrons. The van der Waals surface area contributed by atoms with Gasteiger partial charge in [-0.25, -0.2) is 4.68 Å². The highest BCUT2D eigenvalue weighted by atomic mass is 15.4. The van der Waals surface area contributed by atoms with Gasteiger partial charge in [-0.15, -0.1) is 11.7 Å². The van der Waals surface area contributed by atoms with Crippen molar-refractivity contribution in [2.45, 2.75) is 32.9 Å². The summed E-state index contributed by atoms with van der Waals surface area (Å²) in [5, 5.41) is 8.02. The Bertz CT molecular complexity index is 277. The second kappa shape index (κ2) is 4.77. The number of hydrogen-bond donors (Lipinski definition) is 1. The van der Waals surface area contributed by atoms with Crippen LogP contribution in [0.4, 0.5) is 0 Å². The molecular formula is C9H16N4. The molecule has 0 unspecified atom stereocenters. The molecule has 0 aliphatic heterocycles. The van der Waals surface area contributed by atoms with Crippen LogP contribution in [0.2, 0.25) is 0 Å². The number of aromatic nitrogens is 3. The van der Waals surface area contributed by atoms with Crippen molar-refractivity contribution in [3.05, 3.63) is 24.0 Å². The lowest BCUT2D eigenvalue weighted by Gasteiger charge is -2.02. The molecule has 4 nitrogen and oxygen atoms in total. The number of nitrogens with two attached hydrogens (primary N) is 1. The molecule has 0 spiro atoms. The van der Waals surface area contributed by atoms with E-state index in [0.29, 0.717) is 13.1 Å². The van der Waals surface area contributed by atoms with Crippen LogP contribution in [-0.4, -0.2) is 15.0 Å². The molecule has 0 aliphatic carbocycles. The minimum Gasteiger partial charge on any atom is -0.325 e. The summed E-state index contributed by atoms with van der Waals surface area (Å²) in [5.41, 5.74) is 7.60. The number of rotatable bonds is 5. The van der Waals surface area contributed by atoms with Gasteiger partial charge in [0, 0.05) is 6.54 Å². The Kier molecular flexibility index (Phi) is 3.64. The van der Waals surface area contributed by atoms with Gasteiger partial charge in [0.15, 0.2) is 0 Å². The third-order valence-corrected chi connectivity index (χ3v) is 1.90. The Morgan fingerprint density at radius 3 is 2.92 bits per heavy atom. The van der Waals surface area contributed by atoms with Crippen molar-refractivity contribution >= 4 is 0 Å². The van der Waals surface area contributed by atoms with E-state index in [1.54, 1.807) is 0 Å². The molecule has 0 saturated carbocycles. The zero-order chi connectivity index (χ0) is 9.68. The summed E-state index contributed by atoms with van der Waals surface area (Å²) in [4.78, 5) is 0. The van der Waals surface area contributed by atoms with E-state index in [1.807, 2.05) is 10.8 Å².